The predicted octanol–water partition coefficient (Wildman–Crippen LogP) is 2.40. The average molecular weight is 480 g/mol. The molecule has 1 unspecified atom stereocenters. The molecule has 1 saturated carbocycles. The lowest BCUT2D eigenvalue weighted by Gasteiger charge is -2.22. The third-order valence-corrected chi connectivity index (χ3v) is 6.99. The Labute approximate surface area is 198 Å². The Balaban J connectivity index is 1.27. The van der Waals surface area contributed by atoms with Gasteiger partial charge in [0.2, 0.25) is 5.91 Å². The van der Waals surface area contributed by atoms with Crippen molar-refractivity contribution in [1.82, 2.24) is 30.1 Å². The largest absolute Gasteiger partial charge is 0.337 e. The van der Waals surface area contributed by atoms with Gasteiger partial charge in [0, 0.05) is 43.0 Å². The van der Waals surface area contributed by atoms with Gasteiger partial charge in [0.05, 0.1) is 18.2 Å². The monoisotopic (exact) mass is 480 g/mol. The van der Waals surface area contributed by atoms with E-state index in [4.69, 9.17) is 0 Å². The van der Waals surface area contributed by atoms with Crippen LogP contribution in [0.25, 0.3) is 5.65 Å². The summed E-state index contributed by atoms with van der Waals surface area (Å²) in [4.78, 5) is 42.3. The molecule has 1 aliphatic carbocycles. The van der Waals surface area contributed by atoms with Crippen LogP contribution in [0.4, 0.5) is 13.6 Å². The summed E-state index contributed by atoms with van der Waals surface area (Å²) in [5.41, 5.74) is 3.52. The minimum absolute atomic E-state index is 0.0506. The van der Waals surface area contributed by atoms with Crippen LogP contribution in [0.1, 0.15) is 57.8 Å². The Morgan fingerprint density at radius 1 is 1.17 bits per heavy atom. The van der Waals surface area contributed by atoms with Crippen molar-refractivity contribution in [1.29, 1.82) is 0 Å². The van der Waals surface area contributed by atoms with Crippen LogP contribution >= 0.6 is 0 Å². The molecule has 0 radical (unpaired) electrons. The third-order valence-electron chi connectivity index (χ3n) is 6.99. The molecular weight excluding hydrogens is 458 g/mol. The molecule has 6 rings (SSSR count). The molecule has 3 aromatic rings. The summed E-state index contributed by atoms with van der Waals surface area (Å²) in [6, 6.07) is 8.52. The number of halogens is 2. The van der Waals surface area contributed by atoms with Crippen LogP contribution in [0.2, 0.25) is 0 Å². The summed E-state index contributed by atoms with van der Waals surface area (Å²) in [6.45, 7) is -0.338. The summed E-state index contributed by atoms with van der Waals surface area (Å²) in [5, 5.41) is 9.43. The number of benzene rings is 1. The number of fused-ring (bicyclic) bond motifs is 1. The number of alkyl halides is 2. The first-order chi connectivity index (χ1) is 16.8. The van der Waals surface area contributed by atoms with Crippen molar-refractivity contribution < 1.29 is 23.2 Å². The highest BCUT2D eigenvalue weighted by molar-refractivity contribution is 6.00. The summed E-state index contributed by atoms with van der Waals surface area (Å²) in [5.74, 6) is -4.01. The number of imidazole rings is 1. The predicted molar refractivity (Wildman–Crippen MR) is 119 cm³/mol. The Hall–Kier alpha value is -3.89. The molecule has 4 amide bonds. The summed E-state index contributed by atoms with van der Waals surface area (Å²) >= 11 is 0. The molecule has 0 bridgehead atoms. The van der Waals surface area contributed by atoms with Gasteiger partial charge in [0.15, 0.2) is 5.65 Å². The van der Waals surface area contributed by atoms with Crippen LogP contribution < -0.4 is 10.6 Å². The molecule has 0 spiro atoms. The minimum Gasteiger partial charge on any atom is -0.337 e. The molecule has 1 aromatic carbocycles. The molecule has 3 aliphatic rings. The SMILES string of the molecule is O=C1NCC(c2cc([C@H]3C[C@@H]3c3cccc(C(=O)N4CCC(F)(F)C4)c3)c3nccn3n2)C(=O)N1. The Morgan fingerprint density at radius 2 is 2.03 bits per heavy atom. The number of hydrogen-bond donors (Lipinski definition) is 2. The maximum Gasteiger partial charge on any atom is 0.321 e. The van der Waals surface area contributed by atoms with Crippen molar-refractivity contribution in [3.63, 3.8) is 0 Å². The van der Waals surface area contributed by atoms with Crippen LogP contribution in [0.3, 0.4) is 0 Å². The zero-order valence-electron chi connectivity index (χ0n) is 18.6. The normalized spacial score (nSPS) is 25.4. The number of carbonyl (C=O) groups excluding carboxylic acids is 3. The van der Waals surface area contributed by atoms with E-state index in [-0.39, 0.29) is 37.3 Å². The second-order valence-corrected chi connectivity index (χ2v) is 9.38. The Morgan fingerprint density at radius 3 is 2.80 bits per heavy atom. The fourth-order valence-corrected chi connectivity index (χ4v) is 5.08. The molecule has 35 heavy (non-hydrogen) atoms. The number of rotatable bonds is 4. The molecule has 4 heterocycles. The number of hydrogen-bond acceptors (Lipinski definition) is 5. The van der Waals surface area contributed by atoms with E-state index in [1.807, 2.05) is 12.1 Å². The first-order valence-corrected chi connectivity index (χ1v) is 11.5. The molecule has 180 valence electrons. The van der Waals surface area contributed by atoms with Gasteiger partial charge in [-0.25, -0.2) is 23.1 Å². The fraction of sp³-hybridized carbons (Fsp3) is 0.375. The van der Waals surface area contributed by atoms with Gasteiger partial charge in [0.1, 0.15) is 0 Å². The number of urea groups is 1. The van der Waals surface area contributed by atoms with E-state index in [0.29, 0.717) is 16.9 Å². The molecule has 3 atom stereocenters. The number of nitrogens with one attached hydrogen (secondary N) is 2. The Bertz CT molecular complexity index is 1370. The lowest BCUT2D eigenvalue weighted by Crippen LogP contribution is -2.51. The summed E-state index contributed by atoms with van der Waals surface area (Å²) < 4.78 is 28.8. The zero-order valence-corrected chi connectivity index (χ0v) is 18.6. The zero-order chi connectivity index (χ0) is 24.3. The quantitative estimate of drug-likeness (QED) is 0.596. The van der Waals surface area contributed by atoms with E-state index < -0.39 is 30.3 Å². The second-order valence-electron chi connectivity index (χ2n) is 9.38. The molecule has 3 fully saturated rings. The van der Waals surface area contributed by atoms with Crippen LogP contribution in [0.15, 0.2) is 42.7 Å². The van der Waals surface area contributed by atoms with Crippen molar-refractivity contribution >= 4 is 23.5 Å². The number of amides is 4. The number of aromatic nitrogens is 3. The molecule has 2 saturated heterocycles. The molecule has 2 N–H and O–H groups in total. The third kappa shape index (κ3) is 3.90. The van der Waals surface area contributed by atoms with E-state index in [9.17, 15) is 23.2 Å². The van der Waals surface area contributed by atoms with E-state index in [0.717, 1.165) is 17.5 Å². The van der Waals surface area contributed by atoms with Crippen molar-refractivity contribution in [2.24, 2.45) is 0 Å². The highest BCUT2D eigenvalue weighted by Crippen LogP contribution is 2.55. The maximum absolute atomic E-state index is 13.6. The number of likely N-dealkylation sites (tertiary alicyclic amines) is 1. The molecule has 9 nitrogen and oxygen atoms in total. The maximum atomic E-state index is 13.6. The standard InChI is InChI=1S/C24H22F2N6O3/c25-24(26)4-6-31(12-24)22(34)14-3-1-2-13(8-14)15-9-16(15)17-10-19(30-32-7-5-27-20(17)32)18-11-28-23(35)29-21(18)33/h1-3,5,7-8,10,15-16,18H,4,6,9,11-12H2,(H2,28,29,33,35)/t15-,16+,18?/m1/s1. The molecule has 11 heteroatoms. The van der Waals surface area contributed by atoms with Gasteiger partial charge < -0.3 is 10.2 Å². The smallest absolute Gasteiger partial charge is 0.321 e. The van der Waals surface area contributed by atoms with Gasteiger partial charge in [-0.3, -0.25) is 14.9 Å². The van der Waals surface area contributed by atoms with Crippen LogP contribution in [-0.2, 0) is 4.79 Å². The van der Waals surface area contributed by atoms with Gasteiger partial charge >= 0.3 is 6.03 Å². The van der Waals surface area contributed by atoms with Crippen LogP contribution in [0.5, 0.6) is 0 Å². The molecular formula is C24H22F2N6O3. The van der Waals surface area contributed by atoms with E-state index in [1.54, 1.807) is 35.1 Å². The van der Waals surface area contributed by atoms with Crippen LogP contribution in [0, 0.1) is 0 Å². The number of imide groups is 1. The van der Waals surface area contributed by atoms with Crippen molar-refractivity contribution in [2.75, 3.05) is 19.6 Å². The van der Waals surface area contributed by atoms with Crippen molar-refractivity contribution in [3.05, 3.63) is 65.1 Å². The first kappa shape index (κ1) is 21.6. The van der Waals surface area contributed by atoms with E-state index >= 15 is 0 Å². The van der Waals surface area contributed by atoms with Crippen molar-refractivity contribution in [2.45, 2.75) is 36.5 Å². The van der Waals surface area contributed by atoms with Crippen molar-refractivity contribution in [3.8, 4) is 0 Å². The van der Waals surface area contributed by atoms with E-state index in [2.05, 4.69) is 20.7 Å². The van der Waals surface area contributed by atoms with Crippen LogP contribution in [-0.4, -0.2) is 62.9 Å². The van der Waals surface area contributed by atoms with Gasteiger partial charge in [-0.1, -0.05) is 12.1 Å². The highest BCUT2D eigenvalue weighted by atomic mass is 19.3. The lowest BCUT2D eigenvalue weighted by molar-refractivity contribution is -0.122. The molecule has 2 aromatic heterocycles. The fourth-order valence-electron chi connectivity index (χ4n) is 5.08. The average Bonchev–Trinajstić information content (AvgIpc) is 3.33. The first-order valence-electron chi connectivity index (χ1n) is 11.5. The van der Waals surface area contributed by atoms with Gasteiger partial charge in [0.25, 0.3) is 11.8 Å². The van der Waals surface area contributed by atoms with Gasteiger partial charge in [-0.15, -0.1) is 0 Å². The topological polar surface area (TPSA) is 109 Å². The van der Waals surface area contributed by atoms with E-state index in [1.165, 1.54) is 4.90 Å². The lowest BCUT2D eigenvalue weighted by atomic mass is 9.98. The minimum atomic E-state index is -2.83. The van der Waals surface area contributed by atoms with Gasteiger partial charge in [-0.05, 0) is 42.0 Å². The Kier molecular flexibility index (Phi) is 4.83. The number of carbonyl (C=O) groups is 3. The highest BCUT2D eigenvalue weighted by Gasteiger charge is 2.43. The molecule has 2 aliphatic heterocycles. The number of nitrogens with zero attached hydrogens (tertiary/aromatic N) is 4. The second kappa shape index (κ2) is 7.82. The summed E-state index contributed by atoms with van der Waals surface area (Å²) in [7, 11) is 0. The summed E-state index contributed by atoms with van der Waals surface area (Å²) in [6.07, 6.45) is 3.86. The van der Waals surface area contributed by atoms with Gasteiger partial charge in [-0.2, -0.15) is 5.10 Å².